The molecule has 1 heterocycles. The molecule has 3 rings (SSSR count). The van der Waals surface area contributed by atoms with Crippen molar-refractivity contribution in [2.45, 2.75) is 37.6 Å². The zero-order valence-electron chi connectivity index (χ0n) is 10.6. The number of aromatic nitrogens is 2. The summed E-state index contributed by atoms with van der Waals surface area (Å²) in [6, 6.07) is 4.92. The molecule has 0 amide bonds. The Bertz CT molecular complexity index is 576. The fourth-order valence-electron chi connectivity index (χ4n) is 2.99. The number of nitrogens with zero attached hydrogens (tertiary/aromatic N) is 2. The number of aryl methyl sites for hydroxylation is 1. The summed E-state index contributed by atoms with van der Waals surface area (Å²) in [4.78, 5) is 4.64. The third kappa shape index (κ3) is 1.81. The second-order valence-electron chi connectivity index (χ2n) is 5.22. The van der Waals surface area contributed by atoms with Gasteiger partial charge in [-0.2, -0.15) is 0 Å². The normalized spacial score (nSPS) is 24.6. The van der Waals surface area contributed by atoms with Crippen LogP contribution in [-0.4, -0.2) is 15.6 Å². The van der Waals surface area contributed by atoms with Crippen molar-refractivity contribution in [3.63, 3.8) is 0 Å². The lowest BCUT2D eigenvalue weighted by atomic mass is 9.84. The fourth-order valence-corrected chi connectivity index (χ4v) is 2.99. The summed E-state index contributed by atoms with van der Waals surface area (Å²) in [7, 11) is 1.95. The van der Waals surface area contributed by atoms with Crippen LogP contribution < -0.4 is 5.73 Å². The number of rotatable bonds is 1. The number of benzene rings is 1. The Balaban J connectivity index is 2.08. The van der Waals surface area contributed by atoms with E-state index in [2.05, 4.69) is 4.98 Å². The number of hydrogen-bond acceptors (Lipinski definition) is 2. The van der Waals surface area contributed by atoms with Gasteiger partial charge in [-0.3, -0.25) is 0 Å². The SMILES string of the molecule is Cn1c(C2CCCCC2N)nc2ccc(F)cc21. The minimum absolute atomic E-state index is 0.180. The molecule has 96 valence electrons. The average Bonchev–Trinajstić information content (AvgIpc) is 2.68. The van der Waals surface area contributed by atoms with Gasteiger partial charge in [-0.1, -0.05) is 12.8 Å². The predicted octanol–water partition coefficient (Wildman–Crippen LogP) is 2.70. The fraction of sp³-hybridized carbons (Fsp3) is 0.500. The van der Waals surface area contributed by atoms with Gasteiger partial charge in [-0.15, -0.1) is 0 Å². The molecule has 0 spiro atoms. The van der Waals surface area contributed by atoms with E-state index >= 15 is 0 Å². The largest absolute Gasteiger partial charge is 0.331 e. The van der Waals surface area contributed by atoms with Crippen LogP contribution in [0.3, 0.4) is 0 Å². The van der Waals surface area contributed by atoms with E-state index in [1.54, 1.807) is 12.1 Å². The zero-order chi connectivity index (χ0) is 12.7. The van der Waals surface area contributed by atoms with Crippen molar-refractivity contribution in [1.29, 1.82) is 0 Å². The van der Waals surface area contributed by atoms with E-state index in [1.807, 2.05) is 11.6 Å². The van der Waals surface area contributed by atoms with Gasteiger partial charge in [0, 0.05) is 19.0 Å². The van der Waals surface area contributed by atoms with Crippen LogP contribution in [0.1, 0.15) is 37.4 Å². The van der Waals surface area contributed by atoms with Crippen molar-refractivity contribution in [3.8, 4) is 0 Å². The summed E-state index contributed by atoms with van der Waals surface area (Å²) in [6.07, 6.45) is 4.55. The second kappa shape index (κ2) is 4.35. The second-order valence-corrected chi connectivity index (χ2v) is 5.22. The maximum atomic E-state index is 13.3. The van der Waals surface area contributed by atoms with Gasteiger partial charge in [0.25, 0.3) is 0 Å². The van der Waals surface area contributed by atoms with Crippen LogP contribution in [0.5, 0.6) is 0 Å². The van der Waals surface area contributed by atoms with Crippen LogP contribution in [0.15, 0.2) is 18.2 Å². The highest BCUT2D eigenvalue weighted by Crippen LogP contribution is 2.32. The lowest BCUT2D eigenvalue weighted by Crippen LogP contribution is -2.32. The van der Waals surface area contributed by atoms with E-state index in [0.717, 1.165) is 29.7 Å². The molecule has 2 N–H and O–H groups in total. The molecule has 1 aliphatic carbocycles. The van der Waals surface area contributed by atoms with Gasteiger partial charge in [0.2, 0.25) is 0 Å². The van der Waals surface area contributed by atoms with Gasteiger partial charge in [-0.05, 0) is 31.0 Å². The molecule has 1 aromatic carbocycles. The topological polar surface area (TPSA) is 43.8 Å². The molecule has 2 unspecified atom stereocenters. The van der Waals surface area contributed by atoms with Gasteiger partial charge in [0.15, 0.2) is 0 Å². The Kier molecular flexibility index (Phi) is 2.82. The molecule has 18 heavy (non-hydrogen) atoms. The molecular formula is C14H18FN3. The van der Waals surface area contributed by atoms with Crippen molar-refractivity contribution in [3.05, 3.63) is 29.8 Å². The van der Waals surface area contributed by atoms with Gasteiger partial charge in [0.05, 0.1) is 11.0 Å². The van der Waals surface area contributed by atoms with E-state index in [0.29, 0.717) is 5.92 Å². The van der Waals surface area contributed by atoms with Crippen LogP contribution in [0.25, 0.3) is 11.0 Å². The third-order valence-electron chi connectivity index (χ3n) is 4.03. The molecule has 0 radical (unpaired) electrons. The summed E-state index contributed by atoms with van der Waals surface area (Å²) in [6.45, 7) is 0. The van der Waals surface area contributed by atoms with E-state index in [-0.39, 0.29) is 11.9 Å². The van der Waals surface area contributed by atoms with E-state index < -0.39 is 0 Å². The maximum absolute atomic E-state index is 13.3. The number of nitrogens with two attached hydrogens (primary N) is 1. The lowest BCUT2D eigenvalue weighted by Gasteiger charge is -2.27. The van der Waals surface area contributed by atoms with Gasteiger partial charge < -0.3 is 10.3 Å². The quantitative estimate of drug-likeness (QED) is 0.842. The van der Waals surface area contributed by atoms with Crippen molar-refractivity contribution in [2.24, 2.45) is 12.8 Å². The van der Waals surface area contributed by atoms with Crippen LogP contribution >= 0.6 is 0 Å². The molecule has 2 aromatic rings. The van der Waals surface area contributed by atoms with E-state index in [1.165, 1.54) is 18.9 Å². The minimum atomic E-state index is -0.218. The van der Waals surface area contributed by atoms with E-state index in [9.17, 15) is 4.39 Å². The molecule has 1 fully saturated rings. The summed E-state index contributed by atoms with van der Waals surface area (Å²) in [5.74, 6) is 1.09. The molecule has 4 heteroatoms. The van der Waals surface area contributed by atoms with Gasteiger partial charge >= 0.3 is 0 Å². The zero-order valence-corrected chi connectivity index (χ0v) is 10.6. The average molecular weight is 247 g/mol. The van der Waals surface area contributed by atoms with Crippen LogP contribution in [0.2, 0.25) is 0 Å². The number of halogens is 1. The minimum Gasteiger partial charge on any atom is -0.331 e. The molecule has 1 aromatic heterocycles. The monoisotopic (exact) mass is 247 g/mol. The standard InChI is InChI=1S/C14H18FN3/c1-18-13-8-9(15)6-7-12(13)17-14(18)10-4-2-3-5-11(10)16/h6-8,10-11H,2-5,16H2,1H3. The first kappa shape index (κ1) is 11.7. The molecule has 0 saturated heterocycles. The Labute approximate surface area is 106 Å². The number of hydrogen-bond donors (Lipinski definition) is 1. The highest BCUT2D eigenvalue weighted by Gasteiger charge is 2.27. The van der Waals surface area contributed by atoms with Crippen LogP contribution in [0.4, 0.5) is 4.39 Å². The smallest absolute Gasteiger partial charge is 0.125 e. The predicted molar refractivity (Wildman–Crippen MR) is 69.9 cm³/mol. The molecular weight excluding hydrogens is 229 g/mol. The number of fused-ring (bicyclic) bond motifs is 1. The van der Waals surface area contributed by atoms with Crippen LogP contribution in [-0.2, 0) is 7.05 Å². The first-order chi connectivity index (χ1) is 8.66. The summed E-state index contributed by atoms with van der Waals surface area (Å²) in [5, 5.41) is 0. The molecule has 2 atom stereocenters. The summed E-state index contributed by atoms with van der Waals surface area (Å²) >= 11 is 0. The third-order valence-corrected chi connectivity index (χ3v) is 4.03. The molecule has 0 bridgehead atoms. The Morgan fingerprint density at radius 3 is 2.89 bits per heavy atom. The van der Waals surface area contributed by atoms with Crippen molar-refractivity contribution >= 4 is 11.0 Å². The van der Waals surface area contributed by atoms with Crippen molar-refractivity contribution in [2.75, 3.05) is 0 Å². The lowest BCUT2D eigenvalue weighted by molar-refractivity contribution is 0.368. The highest BCUT2D eigenvalue weighted by atomic mass is 19.1. The molecule has 3 nitrogen and oxygen atoms in total. The Morgan fingerprint density at radius 1 is 1.33 bits per heavy atom. The van der Waals surface area contributed by atoms with Crippen LogP contribution in [0, 0.1) is 5.82 Å². The summed E-state index contributed by atoms with van der Waals surface area (Å²) < 4.78 is 15.3. The Morgan fingerprint density at radius 2 is 2.11 bits per heavy atom. The van der Waals surface area contributed by atoms with Crippen molar-refractivity contribution < 1.29 is 4.39 Å². The Hall–Kier alpha value is -1.42. The first-order valence-electron chi connectivity index (χ1n) is 6.54. The maximum Gasteiger partial charge on any atom is 0.125 e. The number of imidazole rings is 1. The van der Waals surface area contributed by atoms with Gasteiger partial charge in [-0.25, -0.2) is 9.37 Å². The molecule has 1 saturated carbocycles. The molecule has 1 aliphatic rings. The molecule has 0 aliphatic heterocycles. The summed E-state index contributed by atoms with van der Waals surface area (Å²) in [5.41, 5.74) is 7.91. The van der Waals surface area contributed by atoms with E-state index in [4.69, 9.17) is 5.73 Å². The first-order valence-corrected chi connectivity index (χ1v) is 6.54. The van der Waals surface area contributed by atoms with Gasteiger partial charge in [0.1, 0.15) is 11.6 Å². The highest BCUT2D eigenvalue weighted by molar-refractivity contribution is 5.76. The van der Waals surface area contributed by atoms with Crippen molar-refractivity contribution in [1.82, 2.24) is 9.55 Å².